The van der Waals surface area contributed by atoms with Crippen molar-refractivity contribution in [2.24, 2.45) is 5.92 Å². The molecule has 1 rings (SSSR count). The summed E-state index contributed by atoms with van der Waals surface area (Å²) in [6.45, 7) is 2.11. The lowest BCUT2D eigenvalue weighted by Crippen LogP contribution is -2.03. The Balaban J connectivity index is 2.06. The lowest BCUT2D eigenvalue weighted by atomic mass is 10.2. The van der Waals surface area contributed by atoms with Gasteiger partial charge in [0.05, 0.1) is 5.60 Å². The molecule has 0 radical (unpaired) electrons. The highest BCUT2D eigenvalue weighted by atomic mass is 16.3. The zero-order valence-corrected chi connectivity index (χ0v) is 5.80. The van der Waals surface area contributed by atoms with Crippen molar-refractivity contribution in [1.82, 2.24) is 0 Å². The molecule has 0 heterocycles. The monoisotopic (exact) mass is 130 g/mol. The summed E-state index contributed by atoms with van der Waals surface area (Å²) < 4.78 is 0. The summed E-state index contributed by atoms with van der Waals surface area (Å²) in [5, 5.41) is 17.7. The Morgan fingerprint density at radius 3 is 2.56 bits per heavy atom. The van der Waals surface area contributed by atoms with Crippen molar-refractivity contribution < 1.29 is 10.2 Å². The van der Waals surface area contributed by atoms with Crippen molar-refractivity contribution >= 4 is 0 Å². The van der Waals surface area contributed by atoms with Gasteiger partial charge in [-0.05, 0) is 32.1 Å². The van der Waals surface area contributed by atoms with Crippen molar-refractivity contribution in [2.45, 2.75) is 31.8 Å². The summed E-state index contributed by atoms with van der Waals surface area (Å²) in [6, 6.07) is 0. The molecule has 2 atom stereocenters. The highest BCUT2D eigenvalue weighted by molar-refractivity contribution is 4.98. The Bertz CT molecular complexity index is 99.1. The summed E-state index contributed by atoms with van der Waals surface area (Å²) in [7, 11) is 0. The van der Waals surface area contributed by atoms with E-state index in [0.717, 1.165) is 19.3 Å². The fourth-order valence-electron chi connectivity index (χ4n) is 1.19. The Morgan fingerprint density at radius 1 is 1.67 bits per heavy atom. The second-order valence-electron chi connectivity index (χ2n) is 3.12. The third-order valence-corrected chi connectivity index (χ3v) is 2.09. The molecule has 1 aliphatic rings. The molecule has 1 fully saturated rings. The van der Waals surface area contributed by atoms with E-state index < -0.39 is 5.60 Å². The molecule has 1 saturated carbocycles. The van der Waals surface area contributed by atoms with E-state index in [0.29, 0.717) is 5.92 Å². The molecule has 54 valence electrons. The van der Waals surface area contributed by atoms with Crippen molar-refractivity contribution in [3.63, 3.8) is 0 Å². The molecule has 0 aromatic rings. The SMILES string of the molecule is C[C@]1(O)C[C@@H]1CCCO. The average Bonchev–Trinajstić information content (AvgIpc) is 2.35. The molecule has 2 N–H and O–H groups in total. The van der Waals surface area contributed by atoms with Crippen LogP contribution in [-0.4, -0.2) is 22.4 Å². The van der Waals surface area contributed by atoms with Gasteiger partial charge in [0.1, 0.15) is 0 Å². The first kappa shape index (κ1) is 7.03. The first-order valence-electron chi connectivity index (χ1n) is 3.50. The lowest BCUT2D eigenvalue weighted by Gasteiger charge is -1.99. The maximum absolute atomic E-state index is 9.24. The van der Waals surface area contributed by atoms with Crippen LogP contribution in [0.25, 0.3) is 0 Å². The molecule has 1 aliphatic carbocycles. The smallest absolute Gasteiger partial charge is 0.0652 e. The second-order valence-corrected chi connectivity index (χ2v) is 3.12. The zero-order valence-electron chi connectivity index (χ0n) is 5.80. The van der Waals surface area contributed by atoms with Crippen molar-refractivity contribution in [3.8, 4) is 0 Å². The first-order chi connectivity index (χ1) is 4.17. The van der Waals surface area contributed by atoms with Crippen LogP contribution in [0.4, 0.5) is 0 Å². The van der Waals surface area contributed by atoms with E-state index in [1.807, 2.05) is 6.92 Å². The number of hydrogen-bond donors (Lipinski definition) is 2. The van der Waals surface area contributed by atoms with Gasteiger partial charge in [0.2, 0.25) is 0 Å². The molecule has 0 aromatic carbocycles. The predicted molar refractivity (Wildman–Crippen MR) is 35.1 cm³/mol. The van der Waals surface area contributed by atoms with E-state index in [1.165, 1.54) is 0 Å². The molecule has 2 heteroatoms. The first-order valence-corrected chi connectivity index (χ1v) is 3.50. The highest BCUT2D eigenvalue weighted by Crippen LogP contribution is 2.45. The fourth-order valence-corrected chi connectivity index (χ4v) is 1.19. The molecule has 0 aliphatic heterocycles. The van der Waals surface area contributed by atoms with E-state index in [4.69, 9.17) is 5.11 Å². The fraction of sp³-hybridized carbons (Fsp3) is 1.00. The van der Waals surface area contributed by atoms with Crippen LogP contribution in [0, 0.1) is 5.92 Å². The molecular weight excluding hydrogens is 116 g/mol. The van der Waals surface area contributed by atoms with Crippen LogP contribution in [0.15, 0.2) is 0 Å². The third-order valence-electron chi connectivity index (χ3n) is 2.09. The van der Waals surface area contributed by atoms with Crippen LogP contribution in [0.5, 0.6) is 0 Å². The molecule has 0 aromatic heterocycles. The van der Waals surface area contributed by atoms with Gasteiger partial charge in [-0.2, -0.15) is 0 Å². The summed E-state index contributed by atoms with van der Waals surface area (Å²) in [5.41, 5.74) is -0.394. The highest BCUT2D eigenvalue weighted by Gasteiger charge is 2.47. The van der Waals surface area contributed by atoms with Gasteiger partial charge in [-0.25, -0.2) is 0 Å². The molecule has 0 amide bonds. The largest absolute Gasteiger partial charge is 0.396 e. The maximum atomic E-state index is 9.24. The molecule has 0 bridgehead atoms. The molecule has 0 saturated heterocycles. The molecular formula is C7H14O2. The summed E-state index contributed by atoms with van der Waals surface area (Å²) >= 11 is 0. The second kappa shape index (κ2) is 2.27. The standard InChI is InChI=1S/C7H14O2/c1-7(9)5-6(7)3-2-4-8/h6,8-9H,2-5H2,1H3/t6-,7-/m0/s1. The Kier molecular flexibility index (Phi) is 1.78. The Morgan fingerprint density at radius 2 is 2.22 bits per heavy atom. The topological polar surface area (TPSA) is 40.5 Å². The number of rotatable bonds is 3. The van der Waals surface area contributed by atoms with Gasteiger partial charge in [-0.15, -0.1) is 0 Å². The quantitative estimate of drug-likeness (QED) is 0.585. The van der Waals surface area contributed by atoms with Gasteiger partial charge in [0.25, 0.3) is 0 Å². The summed E-state index contributed by atoms with van der Waals surface area (Å²) in [4.78, 5) is 0. The van der Waals surface area contributed by atoms with Crippen molar-refractivity contribution in [1.29, 1.82) is 0 Å². The minimum atomic E-state index is -0.394. The Labute approximate surface area is 55.5 Å². The maximum Gasteiger partial charge on any atom is 0.0652 e. The predicted octanol–water partition coefficient (Wildman–Crippen LogP) is 0.530. The van der Waals surface area contributed by atoms with Crippen molar-refractivity contribution in [2.75, 3.05) is 6.61 Å². The molecule has 9 heavy (non-hydrogen) atoms. The van der Waals surface area contributed by atoms with E-state index in [9.17, 15) is 5.11 Å². The number of aliphatic hydroxyl groups is 2. The van der Waals surface area contributed by atoms with Crippen molar-refractivity contribution in [3.05, 3.63) is 0 Å². The van der Waals surface area contributed by atoms with E-state index in [2.05, 4.69) is 0 Å². The minimum absolute atomic E-state index is 0.257. The summed E-state index contributed by atoms with van der Waals surface area (Å²) in [5.74, 6) is 0.463. The number of hydrogen-bond acceptors (Lipinski definition) is 2. The van der Waals surface area contributed by atoms with Crippen LogP contribution in [0.2, 0.25) is 0 Å². The van der Waals surface area contributed by atoms with Crippen LogP contribution >= 0.6 is 0 Å². The van der Waals surface area contributed by atoms with Gasteiger partial charge in [0.15, 0.2) is 0 Å². The lowest BCUT2D eigenvalue weighted by molar-refractivity contribution is 0.147. The van der Waals surface area contributed by atoms with Gasteiger partial charge < -0.3 is 10.2 Å². The normalized spacial score (nSPS) is 41.0. The third kappa shape index (κ3) is 1.66. The van der Waals surface area contributed by atoms with Gasteiger partial charge in [0, 0.05) is 6.61 Å². The zero-order chi connectivity index (χ0) is 6.91. The molecule has 2 nitrogen and oxygen atoms in total. The van der Waals surface area contributed by atoms with E-state index >= 15 is 0 Å². The molecule has 0 unspecified atom stereocenters. The van der Waals surface area contributed by atoms with E-state index in [-0.39, 0.29) is 6.61 Å². The Hall–Kier alpha value is -0.0800. The minimum Gasteiger partial charge on any atom is -0.396 e. The van der Waals surface area contributed by atoms with Crippen LogP contribution < -0.4 is 0 Å². The van der Waals surface area contributed by atoms with Gasteiger partial charge >= 0.3 is 0 Å². The number of aliphatic hydroxyl groups excluding tert-OH is 1. The van der Waals surface area contributed by atoms with Crippen LogP contribution in [0.3, 0.4) is 0 Å². The summed E-state index contributed by atoms with van der Waals surface area (Å²) in [6.07, 6.45) is 2.73. The van der Waals surface area contributed by atoms with Crippen LogP contribution in [0.1, 0.15) is 26.2 Å². The van der Waals surface area contributed by atoms with Gasteiger partial charge in [-0.3, -0.25) is 0 Å². The van der Waals surface area contributed by atoms with E-state index in [1.54, 1.807) is 0 Å². The van der Waals surface area contributed by atoms with Gasteiger partial charge in [-0.1, -0.05) is 0 Å². The van der Waals surface area contributed by atoms with Crippen LogP contribution in [-0.2, 0) is 0 Å². The molecule has 0 spiro atoms. The average molecular weight is 130 g/mol.